The highest BCUT2D eigenvalue weighted by molar-refractivity contribution is 8.19. The molecule has 1 saturated heterocycles. The number of nitrogens with zero attached hydrogens (tertiary/aromatic N) is 1. The normalized spacial score (nSPS) is 14.5. The summed E-state index contributed by atoms with van der Waals surface area (Å²) in [5, 5.41) is 9.23. The van der Waals surface area contributed by atoms with Gasteiger partial charge in [-0.25, -0.2) is 9.69 Å². The molecule has 0 saturated carbocycles. The standard InChI is InChI=1S/C25H17Cl2NO6S/c1-33-20-10-15(9-19(27)22(20)34-13-14-5-7-16(8-6-14)24(30)31)11-21-23(29)28(25(32)35-21)18-4-2-3-17(26)12-18/h2-12H,13H2,1H3,(H,30,31)/b21-11+. The molecule has 0 unspecified atom stereocenters. The first kappa shape index (κ1) is 24.7. The van der Waals surface area contributed by atoms with Crippen molar-refractivity contribution in [2.45, 2.75) is 6.61 Å². The molecule has 0 radical (unpaired) electrons. The lowest BCUT2D eigenvalue weighted by atomic mass is 10.1. The van der Waals surface area contributed by atoms with E-state index in [4.69, 9.17) is 37.8 Å². The van der Waals surface area contributed by atoms with Crippen LogP contribution in [-0.2, 0) is 11.4 Å². The predicted molar refractivity (Wildman–Crippen MR) is 136 cm³/mol. The Morgan fingerprint density at radius 2 is 1.83 bits per heavy atom. The Morgan fingerprint density at radius 1 is 1.09 bits per heavy atom. The van der Waals surface area contributed by atoms with Gasteiger partial charge in [-0.1, -0.05) is 41.4 Å². The summed E-state index contributed by atoms with van der Waals surface area (Å²) >= 11 is 13.3. The molecule has 1 N–H and O–H groups in total. The molecule has 0 aliphatic carbocycles. The Bertz CT molecular complexity index is 1360. The van der Waals surface area contributed by atoms with Crippen molar-refractivity contribution >= 4 is 63.8 Å². The van der Waals surface area contributed by atoms with Crippen molar-refractivity contribution in [3.63, 3.8) is 0 Å². The number of carboxylic acids is 1. The van der Waals surface area contributed by atoms with Gasteiger partial charge >= 0.3 is 5.97 Å². The molecule has 3 aromatic carbocycles. The highest BCUT2D eigenvalue weighted by Crippen LogP contribution is 2.40. The minimum Gasteiger partial charge on any atom is -0.493 e. The van der Waals surface area contributed by atoms with Gasteiger partial charge in [0.05, 0.1) is 28.3 Å². The van der Waals surface area contributed by atoms with Crippen molar-refractivity contribution in [3.8, 4) is 11.5 Å². The number of hydrogen-bond acceptors (Lipinski definition) is 6. The molecule has 7 nitrogen and oxygen atoms in total. The van der Waals surface area contributed by atoms with Crippen LogP contribution in [0.3, 0.4) is 0 Å². The summed E-state index contributed by atoms with van der Waals surface area (Å²) in [6.45, 7) is 0.133. The Kier molecular flexibility index (Phi) is 7.35. The largest absolute Gasteiger partial charge is 0.493 e. The fourth-order valence-corrected chi connectivity index (χ4v) is 4.62. The lowest BCUT2D eigenvalue weighted by molar-refractivity contribution is -0.113. The van der Waals surface area contributed by atoms with E-state index in [1.165, 1.54) is 19.2 Å². The molecule has 2 amide bonds. The number of imide groups is 1. The number of methoxy groups -OCH3 is 1. The molecule has 10 heteroatoms. The molecule has 0 aromatic heterocycles. The van der Waals surface area contributed by atoms with Gasteiger partial charge in [-0.2, -0.15) is 0 Å². The van der Waals surface area contributed by atoms with Gasteiger partial charge in [0.1, 0.15) is 6.61 Å². The molecule has 0 bridgehead atoms. The van der Waals surface area contributed by atoms with Crippen molar-refractivity contribution in [2.75, 3.05) is 12.0 Å². The van der Waals surface area contributed by atoms with E-state index in [0.717, 1.165) is 22.2 Å². The summed E-state index contributed by atoms with van der Waals surface area (Å²) in [5.74, 6) is -0.855. The van der Waals surface area contributed by atoms with Crippen LogP contribution < -0.4 is 14.4 Å². The van der Waals surface area contributed by atoms with E-state index >= 15 is 0 Å². The predicted octanol–water partition coefficient (Wildman–Crippen LogP) is 6.52. The smallest absolute Gasteiger partial charge is 0.335 e. The zero-order valence-electron chi connectivity index (χ0n) is 18.2. The molecular weight excluding hydrogens is 513 g/mol. The van der Waals surface area contributed by atoms with Crippen LogP contribution in [0.25, 0.3) is 6.08 Å². The molecule has 1 fully saturated rings. The van der Waals surface area contributed by atoms with E-state index in [1.807, 2.05) is 0 Å². The number of carbonyl (C=O) groups is 3. The average molecular weight is 530 g/mol. The molecular formula is C25H17Cl2NO6S. The molecule has 3 aromatic rings. The van der Waals surface area contributed by atoms with Crippen LogP contribution in [0.1, 0.15) is 21.5 Å². The maximum absolute atomic E-state index is 12.9. The highest BCUT2D eigenvalue weighted by atomic mass is 35.5. The van der Waals surface area contributed by atoms with Gasteiger partial charge in [-0.05, 0) is 71.4 Å². The molecule has 178 valence electrons. The summed E-state index contributed by atoms with van der Waals surface area (Å²) in [6.07, 6.45) is 1.55. The lowest BCUT2D eigenvalue weighted by Gasteiger charge is -2.14. The minimum absolute atomic E-state index is 0.133. The van der Waals surface area contributed by atoms with E-state index < -0.39 is 17.1 Å². The number of carboxylic acid groups (broad SMARTS) is 1. The summed E-state index contributed by atoms with van der Waals surface area (Å²) < 4.78 is 11.2. The molecule has 4 rings (SSSR count). The molecule has 35 heavy (non-hydrogen) atoms. The third kappa shape index (κ3) is 5.45. The number of halogens is 2. The van der Waals surface area contributed by atoms with Crippen LogP contribution in [0.2, 0.25) is 10.0 Å². The minimum atomic E-state index is -1.01. The van der Waals surface area contributed by atoms with Gasteiger partial charge in [-0.15, -0.1) is 0 Å². The van der Waals surface area contributed by atoms with Crippen molar-refractivity contribution in [1.29, 1.82) is 0 Å². The third-order valence-corrected chi connectivity index (χ3v) is 6.38. The number of benzene rings is 3. The van der Waals surface area contributed by atoms with Crippen molar-refractivity contribution in [2.24, 2.45) is 0 Å². The number of thioether (sulfide) groups is 1. The zero-order chi connectivity index (χ0) is 25.1. The van der Waals surface area contributed by atoms with Crippen LogP contribution >= 0.6 is 35.0 Å². The van der Waals surface area contributed by atoms with E-state index in [9.17, 15) is 14.4 Å². The second-order valence-corrected chi connectivity index (χ2v) is 9.16. The Labute approximate surface area is 214 Å². The monoisotopic (exact) mass is 529 g/mol. The molecule has 0 atom stereocenters. The van der Waals surface area contributed by atoms with Crippen LogP contribution in [-0.4, -0.2) is 29.3 Å². The van der Waals surface area contributed by atoms with Crippen LogP contribution in [0.5, 0.6) is 11.5 Å². The van der Waals surface area contributed by atoms with Crippen LogP contribution in [0, 0.1) is 0 Å². The maximum Gasteiger partial charge on any atom is 0.335 e. The van der Waals surface area contributed by atoms with Gasteiger partial charge in [-0.3, -0.25) is 9.59 Å². The van der Waals surface area contributed by atoms with Gasteiger partial charge in [0.15, 0.2) is 11.5 Å². The van der Waals surface area contributed by atoms with Crippen molar-refractivity contribution < 1.29 is 29.0 Å². The topological polar surface area (TPSA) is 93.1 Å². The summed E-state index contributed by atoms with van der Waals surface area (Å²) in [7, 11) is 1.46. The van der Waals surface area contributed by atoms with E-state index in [1.54, 1.807) is 54.6 Å². The van der Waals surface area contributed by atoms with Gasteiger partial charge < -0.3 is 14.6 Å². The highest BCUT2D eigenvalue weighted by Gasteiger charge is 2.36. The lowest BCUT2D eigenvalue weighted by Crippen LogP contribution is -2.27. The number of carbonyl (C=O) groups excluding carboxylic acids is 2. The van der Waals surface area contributed by atoms with Gasteiger partial charge in [0.25, 0.3) is 11.1 Å². The molecule has 0 spiro atoms. The Hall–Kier alpha value is -3.46. The van der Waals surface area contributed by atoms with Crippen molar-refractivity contribution in [3.05, 3.63) is 92.3 Å². The first-order valence-electron chi connectivity index (χ1n) is 10.1. The average Bonchev–Trinajstić information content (AvgIpc) is 3.10. The summed E-state index contributed by atoms with van der Waals surface area (Å²) in [5.41, 5.74) is 1.85. The number of amides is 2. The Balaban J connectivity index is 1.55. The maximum atomic E-state index is 12.9. The van der Waals surface area contributed by atoms with E-state index in [2.05, 4.69) is 0 Å². The zero-order valence-corrected chi connectivity index (χ0v) is 20.5. The van der Waals surface area contributed by atoms with Crippen LogP contribution in [0.15, 0.2) is 65.6 Å². The molecule has 1 aliphatic heterocycles. The summed E-state index contributed by atoms with van der Waals surface area (Å²) in [6, 6.07) is 16.0. The fraction of sp³-hybridized carbons (Fsp3) is 0.0800. The van der Waals surface area contributed by atoms with Gasteiger partial charge in [0.2, 0.25) is 0 Å². The van der Waals surface area contributed by atoms with Crippen molar-refractivity contribution in [1.82, 2.24) is 0 Å². The fourth-order valence-electron chi connectivity index (χ4n) is 3.32. The first-order chi connectivity index (χ1) is 16.8. The number of ether oxygens (including phenoxy) is 2. The van der Waals surface area contributed by atoms with E-state index in [-0.39, 0.29) is 22.1 Å². The van der Waals surface area contributed by atoms with Gasteiger partial charge in [0, 0.05) is 5.02 Å². The number of anilines is 1. The SMILES string of the molecule is COc1cc(/C=C2/SC(=O)N(c3cccc(Cl)c3)C2=O)cc(Cl)c1OCc1ccc(C(=O)O)cc1. The number of hydrogen-bond donors (Lipinski definition) is 1. The third-order valence-electron chi connectivity index (χ3n) is 4.99. The molecule has 1 heterocycles. The summed E-state index contributed by atoms with van der Waals surface area (Å²) in [4.78, 5) is 37.7. The first-order valence-corrected chi connectivity index (χ1v) is 11.7. The quantitative estimate of drug-likeness (QED) is 0.348. The molecule has 1 aliphatic rings. The second-order valence-electron chi connectivity index (χ2n) is 7.32. The van der Waals surface area contributed by atoms with Crippen LogP contribution in [0.4, 0.5) is 10.5 Å². The number of aromatic carboxylic acids is 1. The second kappa shape index (κ2) is 10.4. The Morgan fingerprint density at radius 3 is 2.49 bits per heavy atom. The van der Waals surface area contributed by atoms with E-state index in [0.29, 0.717) is 27.8 Å². The number of rotatable bonds is 7.